The molecule has 0 aliphatic carbocycles. The molecule has 12 aromatic carbocycles. The summed E-state index contributed by atoms with van der Waals surface area (Å²) in [5, 5.41) is 23.7. The summed E-state index contributed by atoms with van der Waals surface area (Å²) in [7, 11) is 15.2. The number of primary amides is 3. The van der Waals surface area contributed by atoms with Crippen molar-refractivity contribution in [3.05, 3.63) is 403 Å². The van der Waals surface area contributed by atoms with Crippen LogP contribution in [-0.4, -0.2) is 191 Å². The van der Waals surface area contributed by atoms with Crippen LogP contribution in [0.25, 0.3) is 0 Å². The molecule has 34 heteroatoms. The maximum atomic E-state index is 11.2. The number of nitrogen functional groups attached to an aromatic ring is 4. The number of nitrogens with zero attached hydrogens (tertiary/aromatic N) is 13. The molecule has 3 aliphatic rings. The number of piperidine rings is 1. The van der Waals surface area contributed by atoms with Crippen LogP contribution in [0.15, 0.2) is 364 Å². The number of carbonyl (C=O) groups is 6. The number of carbonyl (C=O) groups excluding carboxylic acids is 6. The fraction of sp³-hybridized carbons (Fsp3) is 0.220. The van der Waals surface area contributed by atoms with Crippen LogP contribution >= 0.6 is 0 Å². The van der Waals surface area contributed by atoms with Gasteiger partial charge in [0.15, 0.2) is 0 Å². The third-order valence-electron chi connectivity index (χ3n) is 19.3. The predicted octanol–water partition coefficient (Wildman–Crippen LogP) is 15.1. The molecule has 0 spiro atoms. The Labute approximate surface area is 841 Å². The Morgan fingerprint density at radius 1 is 0.420 bits per heavy atom. The molecule has 0 unspecified atom stereocenters. The lowest BCUT2D eigenvalue weighted by Crippen LogP contribution is -2.36. The SMILES string of the molecule is CN(C)C(=O)Nc1ccccc1.CN(C)Cc1ccccc1.CN1CCN(C)c2ccccc21.CNC(=O)c1ccccc1.CNc1nc(C)nc(N)n1.N#Cc1ccccc1.NC(=O)CNC(=O)c1ccccc1.NC(=O)NCc1ccccc1.NC(=O)Nc1ccccc1.NCc1ccccc1.Nc1ccccc1.Nc1ncnc(N)n1.c1ccc(N2CCCCC2)cc1.c1ccc(N2CCOCC2)cc1. The Kier molecular flexibility index (Phi) is 59.9. The number of para-hydroxylation sites is 7. The summed E-state index contributed by atoms with van der Waals surface area (Å²) in [6, 6.07) is 115. The summed E-state index contributed by atoms with van der Waals surface area (Å²) in [4.78, 5) is 99.3. The van der Waals surface area contributed by atoms with Gasteiger partial charge in [-0.3, -0.25) is 14.4 Å². The minimum atomic E-state index is -0.552. The van der Waals surface area contributed by atoms with Crippen molar-refractivity contribution in [1.29, 1.82) is 5.26 Å². The smallest absolute Gasteiger partial charge is 0.321 e. The van der Waals surface area contributed by atoms with Gasteiger partial charge in [0.2, 0.25) is 29.7 Å². The Hall–Kier alpha value is -17.6. The van der Waals surface area contributed by atoms with Crippen LogP contribution < -0.4 is 97.4 Å². The fourth-order valence-corrected chi connectivity index (χ4v) is 12.2. The van der Waals surface area contributed by atoms with E-state index < -0.39 is 18.0 Å². The van der Waals surface area contributed by atoms with E-state index in [4.69, 9.17) is 55.9 Å². The lowest BCUT2D eigenvalue weighted by molar-refractivity contribution is -0.117. The predicted molar refractivity (Wildman–Crippen MR) is 582 cm³/mol. The van der Waals surface area contributed by atoms with E-state index in [1.807, 2.05) is 200 Å². The van der Waals surface area contributed by atoms with Crippen molar-refractivity contribution in [3.8, 4) is 6.07 Å². The van der Waals surface area contributed by atoms with Crippen molar-refractivity contribution in [1.82, 2.24) is 55.7 Å². The van der Waals surface area contributed by atoms with Gasteiger partial charge in [-0.25, -0.2) is 24.4 Å². The van der Waals surface area contributed by atoms with Crippen LogP contribution in [0.4, 0.5) is 78.0 Å². The van der Waals surface area contributed by atoms with E-state index >= 15 is 0 Å². The van der Waals surface area contributed by atoms with E-state index in [1.54, 1.807) is 95.8 Å². The zero-order chi connectivity index (χ0) is 104. The normalized spacial score (nSPS) is 11.1. The van der Waals surface area contributed by atoms with Crippen LogP contribution in [-0.2, 0) is 29.2 Å². The average Bonchev–Trinajstić information content (AvgIpc) is 0.817. The molecule has 3 aliphatic heterocycles. The van der Waals surface area contributed by atoms with Gasteiger partial charge in [0, 0.05) is 141 Å². The van der Waals surface area contributed by atoms with Gasteiger partial charge in [0.25, 0.3) is 11.8 Å². The number of hydrogen-bond acceptors (Lipinski definition) is 25. The molecule has 752 valence electrons. The number of nitriles is 1. The summed E-state index contributed by atoms with van der Waals surface area (Å²) in [5.74, 6) is 0.790. The van der Waals surface area contributed by atoms with Crippen LogP contribution in [0, 0.1) is 18.3 Å². The van der Waals surface area contributed by atoms with Crippen LogP contribution in [0.2, 0.25) is 0 Å². The first-order valence-corrected chi connectivity index (χ1v) is 45.9. The van der Waals surface area contributed by atoms with Gasteiger partial charge in [-0.05, 0) is 166 Å². The quantitative estimate of drug-likeness (QED) is 0.0450. The van der Waals surface area contributed by atoms with Crippen molar-refractivity contribution in [2.45, 2.75) is 45.8 Å². The van der Waals surface area contributed by atoms with Gasteiger partial charge in [0.1, 0.15) is 12.2 Å². The number of nitrogens with one attached hydrogen (secondary N) is 6. The van der Waals surface area contributed by atoms with Gasteiger partial charge in [-0.2, -0.15) is 25.2 Å². The molecule has 0 atom stereocenters. The van der Waals surface area contributed by atoms with Gasteiger partial charge in [-0.15, -0.1) is 0 Å². The molecule has 9 amide bonds. The number of benzene rings is 12. The third-order valence-corrected chi connectivity index (χ3v) is 19.3. The number of nitrogens with two attached hydrogens (primary N) is 8. The van der Waals surface area contributed by atoms with E-state index in [9.17, 15) is 28.8 Å². The summed E-state index contributed by atoms with van der Waals surface area (Å²) in [6.07, 6.45) is 5.38. The van der Waals surface area contributed by atoms with Gasteiger partial charge >= 0.3 is 18.1 Å². The molecule has 0 radical (unpaired) electrons. The Morgan fingerprint density at radius 2 is 0.811 bits per heavy atom. The summed E-state index contributed by atoms with van der Waals surface area (Å²) < 4.78 is 5.28. The minimum absolute atomic E-state index is 0.0411. The molecule has 22 N–H and O–H groups in total. The van der Waals surface area contributed by atoms with E-state index in [1.165, 1.54) is 77.5 Å². The number of fused-ring (bicyclic) bond motifs is 1. The van der Waals surface area contributed by atoms with Crippen molar-refractivity contribution >= 4 is 99.4 Å². The molecule has 2 aromatic heterocycles. The second-order valence-electron chi connectivity index (χ2n) is 31.2. The highest BCUT2D eigenvalue weighted by Gasteiger charge is 2.17. The molecule has 34 nitrogen and oxygen atoms in total. The Balaban J connectivity index is 0.000000322. The number of amides is 9. The second kappa shape index (κ2) is 72.8. The Morgan fingerprint density at radius 3 is 1.17 bits per heavy atom. The van der Waals surface area contributed by atoms with Crippen LogP contribution in [0.1, 0.15) is 68.1 Å². The molecule has 2 fully saturated rings. The molecule has 0 saturated carbocycles. The molecule has 2 saturated heterocycles. The first-order valence-electron chi connectivity index (χ1n) is 45.9. The largest absolute Gasteiger partial charge is 0.399 e. The fourth-order valence-electron chi connectivity index (χ4n) is 12.2. The van der Waals surface area contributed by atoms with Gasteiger partial charge < -0.3 is 112 Å². The number of anilines is 11. The number of aryl methyl sites for hydroxylation is 1. The molecule has 14 aromatic rings. The average molecular weight is 1940 g/mol. The summed E-state index contributed by atoms with van der Waals surface area (Å²) >= 11 is 0. The standard InChI is InChI=1S/C11H15N.C10H14N2.C10H13NO.C9H10N2O2.C9H12N2O.C9H13N.C8H10N2O.C8H9NO.C7H8N2O.C7H9N.C7H5N.C6H7N.C5H9N5.C3H5N5/c1-3-7-11(8-4-1)12-9-5-2-6-10-12;1-11-7-8-12(2)10-6-4-3-5-9(10)11;1-2-4-10(5-3-1)11-6-8-12-9-7-11;10-8(12)6-11-9(13)7-4-2-1-3-5-7;1-11(2)9(12)10-8-6-4-3-5-7-8;1-10(2)8-9-6-4-3-5-7-9;9-8(11)10-6-7-4-2-1-3-5-7;1-9-8(10)7-5-3-2-4-6-7;8-7(10)9-6-4-2-1-3-5-6;2*8-6-7-4-2-1-3-5-7;7-6-4-2-1-3-5-6;1-3-8-4(6)10-5(7-2)9-3;4-2-6-1-7-3(5)8-2/h1,3-4,7-8H,2,5-6,9-10H2;3-6H,7-8H2,1-2H3;1-5H,6-9H2;1-5H,6H2,(H2,10,12)(H,11,13);3-7H,1-2H3,(H,10,12);3-7H,8H2,1-2H3;1-5H,6H2,(H3,9,10,11);2-6H,1H3,(H,9,10);1-5H,(H3,8,9,10);1-5H,6,8H2;1-5H;1-5H,7H2;1-2H3,(H3,6,7,8,9,10);1H,(H4,4,5,6,7,8). The number of likely N-dealkylation sites (N-methyl/N-ethyl adjacent to an activating group) is 2. The first-order chi connectivity index (χ1) is 69.1. The topological polar surface area (TPSA) is 513 Å². The highest BCUT2D eigenvalue weighted by Crippen LogP contribution is 2.30. The second-order valence-corrected chi connectivity index (χ2v) is 31.2. The molecule has 17 rings (SSSR count). The van der Waals surface area contributed by atoms with Crippen molar-refractivity contribution in [2.24, 2.45) is 22.9 Å². The lowest BCUT2D eigenvalue weighted by atomic mass is 10.1. The number of morpholine rings is 1. The van der Waals surface area contributed by atoms with Gasteiger partial charge in [0.05, 0.1) is 42.8 Å². The number of urea groups is 3. The van der Waals surface area contributed by atoms with E-state index in [0.717, 1.165) is 68.6 Å². The first kappa shape index (κ1) is 118. The zero-order valence-electron chi connectivity index (χ0n) is 83.0. The van der Waals surface area contributed by atoms with Crippen LogP contribution in [0.3, 0.4) is 0 Å². The molecule has 143 heavy (non-hydrogen) atoms. The number of rotatable bonds is 14. The van der Waals surface area contributed by atoms with E-state index in [0.29, 0.717) is 41.6 Å². The minimum Gasteiger partial charge on any atom is -0.399 e. The number of hydrogen-bond donors (Lipinski definition) is 14. The third kappa shape index (κ3) is 56.1. The number of ether oxygens (including phenoxy) is 1. The summed E-state index contributed by atoms with van der Waals surface area (Å²) in [6.45, 7) is 12.3. The van der Waals surface area contributed by atoms with Crippen LogP contribution in [0.5, 0.6) is 0 Å². The molecular formula is C109H139N27O7. The number of aromatic nitrogens is 6. The molecule has 5 heterocycles. The van der Waals surface area contributed by atoms with Crippen molar-refractivity contribution < 1.29 is 33.5 Å². The van der Waals surface area contributed by atoms with E-state index in [-0.39, 0.29) is 42.2 Å². The highest BCUT2D eigenvalue weighted by molar-refractivity contribution is 5.96. The zero-order valence-corrected chi connectivity index (χ0v) is 83.0. The van der Waals surface area contributed by atoms with Gasteiger partial charge in [-0.1, -0.05) is 249 Å². The summed E-state index contributed by atoms with van der Waals surface area (Å²) in [5.41, 5.74) is 54.2. The maximum absolute atomic E-state index is 11.2. The van der Waals surface area contributed by atoms with Crippen molar-refractivity contribution in [3.63, 3.8) is 0 Å². The van der Waals surface area contributed by atoms with E-state index in [2.05, 4.69) is 218 Å². The van der Waals surface area contributed by atoms with Crippen molar-refractivity contribution in [2.75, 3.05) is 174 Å². The highest BCUT2D eigenvalue weighted by atomic mass is 16.5. The Bertz CT molecular complexity index is 5650. The monoisotopic (exact) mass is 1940 g/mol. The molecular weight excluding hydrogens is 1800 g/mol. The maximum Gasteiger partial charge on any atom is 0.321 e. The molecule has 0 bridgehead atoms. The lowest BCUT2D eigenvalue weighted by Gasteiger charge is -2.34.